The van der Waals surface area contributed by atoms with Crippen molar-refractivity contribution >= 4 is 5.91 Å². The number of nitrogens with zero attached hydrogens (tertiary/aromatic N) is 1. The number of aromatic amines is 1. The highest BCUT2D eigenvalue weighted by Gasteiger charge is 2.25. The largest absolute Gasteiger partial charge is 0.381 e. The van der Waals surface area contributed by atoms with Crippen molar-refractivity contribution in [2.45, 2.75) is 40.0 Å². The SMILES string of the molecule is CCOC[C@@H]1CCCN(C(=O)c2cc(CC(C)C)[nH]c(=O)c2)C1. The van der Waals surface area contributed by atoms with E-state index in [0.29, 0.717) is 37.2 Å². The fraction of sp³-hybridized carbons (Fsp3) is 0.667. The summed E-state index contributed by atoms with van der Waals surface area (Å²) in [6.07, 6.45) is 2.85. The number of carbonyl (C=O) groups excluding carboxylic acids is 1. The molecule has 128 valence electrons. The minimum atomic E-state index is -0.200. The van der Waals surface area contributed by atoms with Gasteiger partial charge in [0.2, 0.25) is 5.56 Å². The van der Waals surface area contributed by atoms with Crippen molar-refractivity contribution in [1.29, 1.82) is 0 Å². The zero-order chi connectivity index (χ0) is 16.8. The lowest BCUT2D eigenvalue weighted by molar-refractivity contribution is 0.0500. The summed E-state index contributed by atoms with van der Waals surface area (Å²) in [5.74, 6) is 0.786. The van der Waals surface area contributed by atoms with Crippen molar-refractivity contribution < 1.29 is 9.53 Å². The fourth-order valence-corrected chi connectivity index (χ4v) is 3.13. The molecular formula is C18H28N2O3. The van der Waals surface area contributed by atoms with Crippen LogP contribution in [0.25, 0.3) is 0 Å². The molecule has 5 nitrogen and oxygen atoms in total. The maximum absolute atomic E-state index is 12.7. The van der Waals surface area contributed by atoms with E-state index in [9.17, 15) is 9.59 Å². The Hall–Kier alpha value is -1.62. The second-order valence-electron chi connectivity index (χ2n) is 6.78. The Kier molecular flexibility index (Phi) is 6.39. The number of pyridine rings is 1. The molecule has 1 aromatic heterocycles. The van der Waals surface area contributed by atoms with Gasteiger partial charge in [-0.1, -0.05) is 13.8 Å². The molecule has 5 heteroatoms. The zero-order valence-electron chi connectivity index (χ0n) is 14.4. The first kappa shape index (κ1) is 17.7. The van der Waals surface area contributed by atoms with Crippen molar-refractivity contribution in [3.05, 3.63) is 33.7 Å². The van der Waals surface area contributed by atoms with Crippen molar-refractivity contribution in [3.63, 3.8) is 0 Å². The van der Waals surface area contributed by atoms with Crippen molar-refractivity contribution in [1.82, 2.24) is 9.88 Å². The Labute approximate surface area is 138 Å². The summed E-state index contributed by atoms with van der Waals surface area (Å²) in [6.45, 7) is 9.05. The van der Waals surface area contributed by atoms with E-state index in [4.69, 9.17) is 4.74 Å². The van der Waals surface area contributed by atoms with Gasteiger partial charge < -0.3 is 14.6 Å². The summed E-state index contributed by atoms with van der Waals surface area (Å²) in [6, 6.07) is 3.24. The predicted octanol–water partition coefficient (Wildman–Crippen LogP) is 2.46. The van der Waals surface area contributed by atoms with E-state index in [-0.39, 0.29) is 11.5 Å². The third-order valence-corrected chi connectivity index (χ3v) is 4.14. The summed E-state index contributed by atoms with van der Waals surface area (Å²) in [4.78, 5) is 29.3. The maximum atomic E-state index is 12.7. The third kappa shape index (κ3) is 5.20. The highest BCUT2D eigenvalue weighted by molar-refractivity contribution is 5.94. The summed E-state index contributed by atoms with van der Waals surface area (Å²) in [5, 5.41) is 0. The molecule has 23 heavy (non-hydrogen) atoms. The van der Waals surface area contributed by atoms with Gasteiger partial charge in [0.05, 0.1) is 6.61 Å². The van der Waals surface area contributed by atoms with E-state index in [1.807, 2.05) is 17.9 Å². The van der Waals surface area contributed by atoms with Gasteiger partial charge in [0.1, 0.15) is 0 Å². The Bertz CT molecular complexity index is 580. The van der Waals surface area contributed by atoms with Crippen LogP contribution in [0.2, 0.25) is 0 Å². The van der Waals surface area contributed by atoms with Crippen LogP contribution in [0.3, 0.4) is 0 Å². The molecule has 1 saturated heterocycles. The fourth-order valence-electron chi connectivity index (χ4n) is 3.13. The molecular weight excluding hydrogens is 292 g/mol. The van der Waals surface area contributed by atoms with Crippen LogP contribution in [-0.2, 0) is 11.2 Å². The van der Waals surface area contributed by atoms with E-state index < -0.39 is 0 Å². The number of likely N-dealkylation sites (tertiary alicyclic amines) is 1. The molecule has 1 aromatic rings. The van der Waals surface area contributed by atoms with Gasteiger partial charge in [-0.3, -0.25) is 9.59 Å². The van der Waals surface area contributed by atoms with E-state index >= 15 is 0 Å². The molecule has 0 saturated carbocycles. The first-order valence-corrected chi connectivity index (χ1v) is 8.59. The third-order valence-electron chi connectivity index (χ3n) is 4.14. The van der Waals surface area contributed by atoms with Crippen LogP contribution >= 0.6 is 0 Å². The summed E-state index contributed by atoms with van der Waals surface area (Å²) < 4.78 is 5.50. The molecule has 2 rings (SSSR count). The van der Waals surface area contributed by atoms with Crippen LogP contribution < -0.4 is 5.56 Å². The lowest BCUT2D eigenvalue weighted by atomic mass is 9.98. The zero-order valence-corrected chi connectivity index (χ0v) is 14.4. The second-order valence-corrected chi connectivity index (χ2v) is 6.78. The first-order chi connectivity index (χ1) is 11.0. The van der Waals surface area contributed by atoms with Crippen LogP contribution in [0.1, 0.15) is 49.7 Å². The quantitative estimate of drug-likeness (QED) is 0.876. The number of rotatable bonds is 6. The van der Waals surface area contributed by atoms with Crippen LogP contribution in [-0.4, -0.2) is 42.1 Å². The highest BCUT2D eigenvalue weighted by atomic mass is 16.5. The number of nitrogens with one attached hydrogen (secondary N) is 1. The number of piperidine rings is 1. The first-order valence-electron chi connectivity index (χ1n) is 8.59. The number of ether oxygens (including phenoxy) is 1. The van der Waals surface area contributed by atoms with E-state index in [2.05, 4.69) is 18.8 Å². The molecule has 1 amide bonds. The normalized spacial score (nSPS) is 18.4. The molecule has 0 unspecified atom stereocenters. The number of hydrogen-bond donors (Lipinski definition) is 1. The van der Waals surface area contributed by atoms with Gasteiger partial charge in [-0.15, -0.1) is 0 Å². The Balaban J connectivity index is 2.10. The van der Waals surface area contributed by atoms with Gasteiger partial charge in [-0.25, -0.2) is 0 Å². The maximum Gasteiger partial charge on any atom is 0.254 e. The molecule has 1 fully saturated rings. The molecule has 0 aromatic carbocycles. The molecule has 1 N–H and O–H groups in total. The second kappa shape index (κ2) is 8.29. The highest BCUT2D eigenvalue weighted by Crippen LogP contribution is 2.19. The molecule has 1 atom stereocenters. The average Bonchev–Trinajstić information content (AvgIpc) is 2.51. The monoisotopic (exact) mass is 320 g/mol. The van der Waals surface area contributed by atoms with Crippen LogP contribution in [0.4, 0.5) is 0 Å². The van der Waals surface area contributed by atoms with Crippen LogP contribution in [0.15, 0.2) is 16.9 Å². The Morgan fingerprint density at radius 2 is 2.22 bits per heavy atom. The van der Waals surface area contributed by atoms with E-state index in [1.165, 1.54) is 6.07 Å². The van der Waals surface area contributed by atoms with Gasteiger partial charge in [0, 0.05) is 37.0 Å². The molecule has 0 bridgehead atoms. The molecule has 0 radical (unpaired) electrons. The predicted molar refractivity (Wildman–Crippen MR) is 90.7 cm³/mol. The lowest BCUT2D eigenvalue weighted by Crippen LogP contribution is -2.41. The molecule has 1 aliphatic heterocycles. The molecule has 0 spiro atoms. The van der Waals surface area contributed by atoms with Gasteiger partial charge in [0.25, 0.3) is 5.91 Å². The van der Waals surface area contributed by atoms with Crippen molar-refractivity contribution in [2.24, 2.45) is 11.8 Å². The van der Waals surface area contributed by atoms with Crippen LogP contribution in [0, 0.1) is 11.8 Å². The van der Waals surface area contributed by atoms with Crippen molar-refractivity contribution in [2.75, 3.05) is 26.3 Å². The number of aromatic nitrogens is 1. The lowest BCUT2D eigenvalue weighted by Gasteiger charge is -2.32. The minimum Gasteiger partial charge on any atom is -0.381 e. The molecule has 0 aliphatic carbocycles. The topological polar surface area (TPSA) is 62.4 Å². The number of H-pyrrole nitrogens is 1. The number of hydrogen-bond acceptors (Lipinski definition) is 3. The number of carbonyl (C=O) groups is 1. The Morgan fingerprint density at radius 3 is 2.91 bits per heavy atom. The van der Waals surface area contributed by atoms with Gasteiger partial charge in [-0.05, 0) is 44.1 Å². The summed E-state index contributed by atoms with van der Waals surface area (Å²) in [5.41, 5.74) is 1.13. The van der Waals surface area contributed by atoms with Crippen molar-refractivity contribution in [3.8, 4) is 0 Å². The Morgan fingerprint density at radius 1 is 1.43 bits per heavy atom. The number of amides is 1. The summed E-state index contributed by atoms with van der Waals surface area (Å²) >= 11 is 0. The standard InChI is InChI=1S/C18H28N2O3/c1-4-23-12-14-6-5-7-20(11-14)18(22)15-9-16(8-13(2)3)19-17(21)10-15/h9-10,13-14H,4-8,11-12H2,1-3H3,(H,19,21)/t14-/m1/s1. The van der Waals surface area contributed by atoms with E-state index in [1.54, 1.807) is 0 Å². The average molecular weight is 320 g/mol. The smallest absolute Gasteiger partial charge is 0.254 e. The molecule has 2 heterocycles. The summed E-state index contributed by atoms with van der Waals surface area (Å²) in [7, 11) is 0. The minimum absolute atomic E-state index is 0.0395. The molecule has 1 aliphatic rings. The van der Waals surface area contributed by atoms with Gasteiger partial charge >= 0.3 is 0 Å². The van der Waals surface area contributed by atoms with Gasteiger partial charge in [-0.2, -0.15) is 0 Å². The van der Waals surface area contributed by atoms with Gasteiger partial charge in [0.15, 0.2) is 0 Å². The van der Waals surface area contributed by atoms with E-state index in [0.717, 1.165) is 31.5 Å². The van der Waals surface area contributed by atoms with Crippen LogP contribution in [0.5, 0.6) is 0 Å².